The lowest BCUT2D eigenvalue weighted by Crippen LogP contribution is -2.37. The Morgan fingerprint density at radius 3 is 2.36 bits per heavy atom. The van der Waals surface area contributed by atoms with Crippen LogP contribution in [-0.2, 0) is 12.6 Å². The van der Waals surface area contributed by atoms with Gasteiger partial charge in [-0.05, 0) is 50.3 Å². The van der Waals surface area contributed by atoms with Crippen molar-refractivity contribution < 1.29 is 18.0 Å². The summed E-state index contributed by atoms with van der Waals surface area (Å²) in [4.78, 5) is 16.6. The number of hydrogen-bond acceptors (Lipinski definition) is 2. The van der Waals surface area contributed by atoms with E-state index in [0.717, 1.165) is 24.5 Å². The van der Waals surface area contributed by atoms with Crippen molar-refractivity contribution in [1.29, 1.82) is 0 Å². The molecule has 28 heavy (non-hydrogen) atoms. The van der Waals surface area contributed by atoms with Crippen LogP contribution in [0.4, 0.5) is 18.9 Å². The Balaban J connectivity index is 2.50. The van der Waals surface area contributed by atoms with Gasteiger partial charge in [0.2, 0.25) is 0 Å². The molecule has 2 aromatic carbocycles. The van der Waals surface area contributed by atoms with Gasteiger partial charge in [-0.25, -0.2) is 0 Å². The van der Waals surface area contributed by atoms with Gasteiger partial charge in [0.1, 0.15) is 0 Å². The number of benzene rings is 2. The molecule has 0 bridgehead atoms. The molecule has 0 unspecified atom stereocenters. The Bertz CT molecular complexity index is 822. The number of rotatable bonds is 7. The van der Waals surface area contributed by atoms with E-state index in [1.54, 1.807) is 12.1 Å². The predicted molar refractivity (Wildman–Crippen MR) is 107 cm³/mol. The van der Waals surface area contributed by atoms with Crippen molar-refractivity contribution in [3.8, 4) is 0 Å². The van der Waals surface area contributed by atoms with Crippen LogP contribution in [0.5, 0.6) is 0 Å². The normalized spacial score (nSPS) is 11.7. The Labute approximate surface area is 168 Å². The first-order chi connectivity index (χ1) is 13.1. The van der Waals surface area contributed by atoms with Crippen LogP contribution in [0.3, 0.4) is 0 Å². The average molecular weight is 413 g/mol. The fourth-order valence-corrected chi connectivity index (χ4v) is 3.13. The highest BCUT2D eigenvalue weighted by molar-refractivity contribution is 6.31. The van der Waals surface area contributed by atoms with Gasteiger partial charge in [-0.2, -0.15) is 13.2 Å². The summed E-state index contributed by atoms with van der Waals surface area (Å²) in [6, 6.07) is 10.8. The van der Waals surface area contributed by atoms with E-state index < -0.39 is 11.7 Å². The van der Waals surface area contributed by atoms with E-state index in [1.807, 2.05) is 38.1 Å². The highest BCUT2D eigenvalue weighted by atomic mass is 35.5. The van der Waals surface area contributed by atoms with Crippen LogP contribution in [-0.4, -0.2) is 38.0 Å². The lowest BCUT2D eigenvalue weighted by atomic mass is 10.0. The van der Waals surface area contributed by atoms with Crippen molar-refractivity contribution >= 4 is 23.2 Å². The van der Waals surface area contributed by atoms with E-state index in [9.17, 15) is 18.0 Å². The Morgan fingerprint density at radius 2 is 1.75 bits per heavy atom. The number of anilines is 1. The van der Waals surface area contributed by atoms with Crippen molar-refractivity contribution in [2.24, 2.45) is 0 Å². The Kier molecular flexibility index (Phi) is 7.49. The van der Waals surface area contributed by atoms with Crippen LogP contribution in [0.2, 0.25) is 5.02 Å². The molecule has 0 spiro atoms. The third-order valence-corrected chi connectivity index (χ3v) is 4.68. The third-order valence-electron chi connectivity index (χ3n) is 4.35. The molecule has 0 N–H and O–H groups in total. The number of likely N-dealkylation sites (N-methyl/N-ethyl adjacent to an activating group) is 1. The fraction of sp³-hybridized carbons (Fsp3) is 0.381. The zero-order valence-electron chi connectivity index (χ0n) is 16.2. The monoisotopic (exact) mass is 412 g/mol. The van der Waals surface area contributed by atoms with Crippen molar-refractivity contribution in [3.05, 3.63) is 64.2 Å². The molecule has 0 radical (unpaired) electrons. The van der Waals surface area contributed by atoms with E-state index in [0.29, 0.717) is 12.1 Å². The van der Waals surface area contributed by atoms with Crippen LogP contribution < -0.4 is 4.90 Å². The second-order valence-corrected chi connectivity index (χ2v) is 7.24. The number of amides is 1. The predicted octanol–water partition coefficient (Wildman–Crippen LogP) is 5.52. The van der Waals surface area contributed by atoms with E-state index in [4.69, 9.17) is 11.6 Å². The van der Waals surface area contributed by atoms with E-state index in [-0.39, 0.29) is 23.2 Å². The summed E-state index contributed by atoms with van der Waals surface area (Å²) in [5, 5.41) is -0.386. The minimum absolute atomic E-state index is 0.176. The molecule has 0 fully saturated rings. The van der Waals surface area contributed by atoms with Gasteiger partial charge < -0.3 is 9.80 Å². The number of halogens is 4. The number of aryl methyl sites for hydroxylation is 1. The second kappa shape index (κ2) is 9.43. The molecule has 0 aliphatic rings. The van der Waals surface area contributed by atoms with Gasteiger partial charge in [-0.3, -0.25) is 4.79 Å². The van der Waals surface area contributed by atoms with Crippen LogP contribution in [0.15, 0.2) is 42.5 Å². The van der Waals surface area contributed by atoms with Crippen molar-refractivity contribution in [3.63, 3.8) is 0 Å². The summed E-state index contributed by atoms with van der Waals surface area (Å²) in [7, 11) is 3.69. The molecule has 0 aliphatic heterocycles. The summed E-state index contributed by atoms with van der Waals surface area (Å²) in [6.07, 6.45) is -3.01. The summed E-state index contributed by atoms with van der Waals surface area (Å²) < 4.78 is 39.9. The quantitative estimate of drug-likeness (QED) is 0.597. The zero-order chi connectivity index (χ0) is 20.9. The molecule has 2 aromatic rings. The summed E-state index contributed by atoms with van der Waals surface area (Å²) in [6.45, 7) is 2.77. The average Bonchev–Trinajstić information content (AvgIpc) is 2.62. The molecule has 3 nitrogen and oxygen atoms in total. The molecule has 0 saturated carbocycles. The topological polar surface area (TPSA) is 23.6 Å². The third kappa shape index (κ3) is 5.49. The summed E-state index contributed by atoms with van der Waals surface area (Å²) in [5.74, 6) is -0.318. The highest BCUT2D eigenvalue weighted by Crippen LogP contribution is 2.37. The number of hydrogen-bond donors (Lipinski definition) is 0. The first-order valence-electron chi connectivity index (χ1n) is 9.06. The van der Waals surface area contributed by atoms with E-state index in [1.165, 1.54) is 17.0 Å². The second-order valence-electron chi connectivity index (χ2n) is 6.83. The van der Waals surface area contributed by atoms with Gasteiger partial charge in [0.05, 0.1) is 10.6 Å². The first kappa shape index (κ1) is 22.2. The molecular formula is C21H24ClF3N2O. The van der Waals surface area contributed by atoms with Crippen LogP contribution in [0, 0.1) is 0 Å². The molecule has 2 rings (SSSR count). The SMILES string of the molecule is CCCc1ccccc1C(=O)N(CCN(C)C)c1ccc(Cl)c(C(F)(F)F)c1. The fourth-order valence-electron chi connectivity index (χ4n) is 2.91. The Morgan fingerprint density at radius 1 is 1.07 bits per heavy atom. The van der Waals surface area contributed by atoms with Gasteiger partial charge in [0.15, 0.2) is 0 Å². The number of nitrogens with zero attached hydrogens (tertiary/aromatic N) is 2. The maximum absolute atomic E-state index is 13.3. The van der Waals surface area contributed by atoms with Gasteiger partial charge >= 0.3 is 6.18 Å². The first-order valence-corrected chi connectivity index (χ1v) is 9.44. The zero-order valence-corrected chi connectivity index (χ0v) is 16.9. The van der Waals surface area contributed by atoms with Gasteiger partial charge in [-0.1, -0.05) is 43.1 Å². The van der Waals surface area contributed by atoms with Crippen LogP contribution >= 0.6 is 11.6 Å². The largest absolute Gasteiger partial charge is 0.417 e. The standard InChI is InChI=1S/C21H24ClF3N2O/c1-4-7-15-8-5-6-9-17(15)20(28)27(13-12-26(2)3)16-10-11-19(22)18(14-16)21(23,24)25/h5-6,8-11,14H,4,7,12-13H2,1-3H3. The molecule has 0 aromatic heterocycles. The number of carbonyl (C=O) groups excluding carboxylic acids is 1. The molecule has 0 heterocycles. The van der Waals surface area contributed by atoms with Gasteiger partial charge in [-0.15, -0.1) is 0 Å². The highest BCUT2D eigenvalue weighted by Gasteiger charge is 2.34. The minimum Gasteiger partial charge on any atom is -0.308 e. The molecule has 152 valence electrons. The number of carbonyl (C=O) groups is 1. The summed E-state index contributed by atoms with van der Waals surface area (Å²) >= 11 is 5.74. The molecule has 0 aliphatic carbocycles. The maximum Gasteiger partial charge on any atom is 0.417 e. The number of alkyl halides is 3. The summed E-state index contributed by atoms with van der Waals surface area (Å²) in [5.41, 5.74) is 0.618. The molecule has 1 amide bonds. The lowest BCUT2D eigenvalue weighted by molar-refractivity contribution is -0.137. The van der Waals surface area contributed by atoms with Crippen LogP contribution in [0.1, 0.15) is 34.8 Å². The van der Waals surface area contributed by atoms with Crippen molar-refractivity contribution in [2.75, 3.05) is 32.1 Å². The van der Waals surface area contributed by atoms with Gasteiger partial charge in [0, 0.05) is 24.3 Å². The molecule has 0 atom stereocenters. The lowest BCUT2D eigenvalue weighted by Gasteiger charge is -2.26. The van der Waals surface area contributed by atoms with E-state index in [2.05, 4.69) is 0 Å². The van der Waals surface area contributed by atoms with Crippen molar-refractivity contribution in [2.45, 2.75) is 25.9 Å². The minimum atomic E-state index is -4.59. The Hall–Kier alpha value is -2.05. The smallest absolute Gasteiger partial charge is 0.308 e. The van der Waals surface area contributed by atoms with Crippen LogP contribution in [0.25, 0.3) is 0 Å². The van der Waals surface area contributed by atoms with E-state index >= 15 is 0 Å². The van der Waals surface area contributed by atoms with Crippen molar-refractivity contribution in [1.82, 2.24) is 4.90 Å². The van der Waals surface area contributed by atoms with Gasteiger partial charge in [0.25, 0.3) is 5.91 Å². The molecule has 0 saturated heterocycles. The maximum atomic E-state index is 13.3. The molecule has 7 heteroatoms. The molecular weight excluding hydrogens is 389 g/mol.